The molecule has 1 rings (SSSR count). The van der Waals surface area contributed by atoms with Crippen molar-refractivity contribution in [2.75, 3.05) is 19.4 Å². The van der Waals surface area contributed by atoms with E-state index >= 15 is 0 Å². The molecular weight excluding hydrogens is 264 g/mol. The molecule has 0 aliphatic rings. The first-order valence-electron chi connectivity index (χ1n) is 7.61. The zero-order chi connectivity index (χ0) is 15.9. The van der Waals surface area contributed by atoms with E-state index in [1.165, 1.54) is 19.3 Å². The van der Waals surface area contributed by atoms with E-state index in [2.05, 4.69) is 26.1 Å². The zero-order valence-corrected chi connectivity index (χ0v) is 13.7. The monoisotopic (exact) mass is 292 g/mol. The third-order valence-corrected chi connectivity index (χ3v) is 3.69. The third kappa shape index (κ3) is 5.66. The number of hydrogen-bond acceptors (Lipinski definition) is 3. The molecule has 118 valence electrons. The number of amides is 1. The van der Waals surface area contributed by atoms with Gasteiger partial charge in [0.2, 0.25) is 0 Å². The molecule has 0 heterocycles. The first-order chi connectivity index (χ1) is 9.89. The van der Waals surface area contributed by atoms with Crippen molar-refractivity contribution in [2.24, 2.45) is 5.41 Å². The van der Waals surface area contributed by atoms with Crippen LogP contribution >= 0.6 is 0 Å². The second kappa shape index (κ2) is 7.91. The summed E-state index contributed by atoms with van der Waals surface area (Å²) < 4.78 is 5.09. The fraction of sp³-hybridized carbons (Fsp3) is 0.588. The summed E-state index contributed by atoms with van der Waals surface area (Å²) in [6.07, 6.45) is 4.76. The van der Waals surface area contributed by atoms with Gasteiger partial charge in [-0.3, -0.25) is 4.79 Å². The second-order valence-electron chi connectivity index (χ2n) is 6.26. The summed E-state index contributed by atoms with van der Waals surface area (Å²) in [6.45, 7) is 7.21. The van der Waals surface area contributed by atoms with Crippen molar-refractivity contribution in [3.63, 3.8) is 0 Å². The number of carbonyl (C=O) groups is 1. The first kappa shape index (κ1) is 17.3. The van der Waals surface area contributed by atoms with Crippen molar-refractivity contribution >= 4 is 11.6 Å². The number of nitrogens with one attached hydrogen (secondary N) is 1. The summed E-state index contributed by atoms with van der Waals surface area (Å²) in [7, 11) is 1.58. The summed E-state index contributed by atoms with van der Waals surface area (Å²) >= 11 is 0. The van der Waals surface area contributed by atoms with Gasteiger partial charge in [-0.05, 0) is 24.0 Å². The van der Waals surface area contributed by atoms with Gasteiger partial charge in [-0.2, -0.15) is 0 Å². The molecule has 0 saturated carbocycles. The van der Waals surface area contributed by atoms with Gasteiger partial charge in [-0.25, -0.2) is 0 Å². The van der Waals surface area contributed by atoms with E-state index in [0.717, 1.165) is 6.42 Å². The van der Waals surface area contributed by atoms with Crippen LogP contribution in [-0.2, 0) is 0 Å². The minimum atomic E-state index is -0.126. The summed E-state index contributed by atoms with van der Waals surface area (Å²) in [6, 6.07) is 5.12. The van der Waals surface area contributed by atoms with E-state index in [1.807, 2.05) is 0 Å². The van der Waals surface area contributed by atoms with Gasteiger partial charge in [0.05, 0.1) is 12.7 Å². The molecule has 21 heavy (non-hydrogen) atoms. The predicted octanol–water partition coefficient (Wildman–Crippen LogP) is 3.61. The lowest BCUT2D eigenvalue weighted by molar-refractivity contribution is 0.0935. The Kier molecular flexibility index (Phi) is 6.53. The molecule has 0 saturated heterocycles. The standard InChI is InChI=1S/C17H28N2O2/c1-5-6-7-10-17(2,3)12-19-16(20)14-9-8-13(21-4)11-15(14)18/h8-9,11H,5-7,10,12,18H2,1-4H3,(H,19,20). The molecule has 0 bridgehead atoms. The number of methoxy groups -OCH3 is 1. The lowest BCUT2D eigenvalue weighted by Gasteiger charge is -2.25. The molecule has 1 aromatic carbocycles. The highest BCUT2D eigenvalue weighted by Gasteiger charge is 2.19. The highest BCUT2D eigenvalue weighted by atomic mass is 16.5. The largest absolute Gasteiger partial charge is 0.497 e. The fourth-order valence-electron chi connectivity index (χ4n) is 2.23. The maximum atomic E-state index is 12.2. The van der Waals surface area contributed by atoms with Crippen molar-refractivity contribution in [3.8, 4) is 5.75 Å². The topological polar surface area (TPSA) is 64.3 Å². The molecule has 1 aromatic rings. The quantitative estimate of drug-likeness (QED) is 0.568. The molecule has 0 fully saturated rings. The highest BCUT2D eigenvalue weighted by Crippen LogP contribution is 2.24. The Labute approximate surface area is 128 Å². The third-order valence-electron chi connectivity index (χ3n) is 3.69. The predicted molar refractivity (Wildman–Crippen MR) is 87.7 cm³/mol. The average Bonchev–Trinajstić information content (AvgIpc) is 2.45. The van der Waals surface area contributed by atoms with Crippen molar-refractivity contribution in [3.05, 3.63) is 23.8 Å². The van der Waals surface area contributed by atoms with E-state index in [-0.39, 0.29) is 11.3 Å². The van der Waals surface area contributed by atoms with Crippen molar-refractivity contribution < 1.29 is 9.53 Å². The van der Waals surface area contributed by atoms with E-state index in [1.54, 1.807) is 25.3 Å². The second-order valence-corrected chi connectivity index (χ2v) is 6.26. The van der Waals surface area contributed by atoms with Gasteiger partial charge in [0.25, 0.3) is 5.91 Å². The number of ether oxygens (including phenoxy) is 1. The number of rotatable bonds is 8. The lowest BCUT2D eigenvalue weighted by atomic mass is 9.87. The average molecular weight is 292 g/mol. The maximum absolute atomic E-state index is 12.2. The van der Waals surface area contributed by atoms with Crippen LogP contribution in [0.15, 0.2) is 18.2 Å². The smallest absolute Gasteiger partial charge is 0.253 e. The minimum Gasteiger partial charge on any atom is -0.497 e. The Hall–Kier alpha value is -1.71. The Balaban J connectivity index is 2.57. The summed E-state index contributed by atoms with van der Waals surface area (Å²) in [5, 5.41) is 2.98. The van der Waals surface area contributed by atoms with Crippen LogP contribution in [0.1, 0.15) is 56.8 Å². The maximum Gasteiger partial charge on any atom is 0.253 e. The molecule has 4 heteroatoms. The molecule has 1 amide bonds. The first-order valence-corrected chi connectivity index (χ1v) is 7.61. The minimum absolute atomic E-state index is 0.103. The molecule has 0 radical (unpaired) electrons. The molecule has 0 atom stereocenters. The molecule has 0 aliphatic heterocycles. The number of nitrogens with two attached hydrogens (primary N) is 1. The van der Waals surface area contributed by atoms with E-state index in [0.29, 0.717) is 23.5 Å². The number of hydrogen-bond donors (Lipinski definition) is 2. The fourth-order valence-corrected chi connectivity index (χ4v) is 2.23. The number of benzene rings is 1. The summed E-state index contributed by atoms with van der Waals surface area (Å²) in [5.74, 6) is 0.530. The van der Waals surface area contributed by atoms with Crippen LogP contribution in [0.25, 0.3) is 0 Å². The molecule has 0 unspecified atom stereocenters. The SMILES string of the molecule is CCCCCC(C)(C)CNC(=O)c1ccc(OC)cc1N. The Morgan fingerprint density at radius 2 is 2.05 bits per heavy atom. The van der Waals surface area contributed by atoms with Crippen LogP contribution in [-0.4, -0.2) is 19.6 Å². The Bertz CT molecular complexity index is 470. The van der Waals surface area contributed by atoms with Crippen molar-refractivity contribution in [2.45, 2.75) is 46.5 Å². The number of nitrogen functional groups attached to an aromatic ring is 1. The van der Waals surface area contributed by atoms with Crippen molar-refractivity contribution in [1.29, 1.82) is 0 Å². The van der Waals surface area contributed by atoms with Gasteiger partial charge in [-0.15, -0.1) is 0 Å². The van der Waals surface area contributed by atoms with Gasteiger partial charge in [-0.1, -0.05) is 40.0 Å². The van der Waals surface area contributed by atoms with E-state index < -0.39 is 0 Å². The van der Waals surface area contributed by atoms with E-state index in [4.69, 9.17) is 10.5 Å². The lowest BCUT2D eigenvalue weighted by Crippen LogP contribution is -2.34. The molecule has 4 nitrogen and oxygen atoms in total. The molecular formula is C17H28N2O2. The van der Waals surface area contributed by atoms with Crippen LogP contribution in [0.5, 0.6) is 5.75 Å². The molecule has 0 aliphatic carbocycles. The van der Waals surface area contributed by atoms with Gasteiger partial charge in [0, 0.05) is 18.3 Å². The van der Waals surface area contributed by atoms with Crippen LogP contribution in [0, 0.1) is 5.41 Å². The summed E-state index contributed by atoms with van der Waals surface area (Å²) in [4.78, 5) is 12.2. The molecule has 0 aromatic heterocycles. The van der Waals surface area contributed by atoms with Crippen LogP contribution < -0.4 is 15.8 Å². The van der Waals surface area contributed by atoms with E-state index in [9.17, 15) is 4.79 Å². The van der Waals surface area contributed by atoms with Gasteiger partial charge in [0.1, 0.15) is 5.75 Å². The van der Waals surface area contributed by atoms with Crippen LogP contribution in [0.2, 0.25) is 0 Å². The Morgan fingerprint density at radius 1 is 1.33 bits per heavy atom. The van der Waals surface area contributed by atoms with Gasteiger partial charge in [0.15, 0.2) is 0 Å². The van der Waals surface area contributed by atoms with Crippen LogP contribution in [0.4, 0.5) is 5.69 Å². The number of unbranched alkanes of at least 4 members (excludes halogenated alkanes) is 2. The van der Waals surface area contributed by atoms with Gasteiger partial charge >= 0.3 is 0 Å². The summed E-state index contributed by atoms with van der Waals surface area (Å²) in [5.41, 5.74) is 6.94. The highest BCUT2D eigenvalue weighted by molar-refractivity contribution is 5.99. The normalized spacial score (nSPS) is 11.2. The molecule has 3 N–H and O–H groups in total. The number of carbonyl (C=O) groups excluding carboxylic acids is 1. The zero-order valence-electron chi connectivity index (χ0n) is 13.7. The van der Waals surface area contributed by atoms with Crippen LogP contribution in [0.3, 0.4) is 0 Å². The Morgan fingerprint density at radius 3 is 2.62 bits per heavy atom. The molecule has 0 spiro atoms. The van der Waals surface area contributed by atoms with Gasteiger partial charge < -0.3 is 15.8 Å². The van der Waals surface area contributed by atoms with Crippen molar-refractivity contribution in [1.82, 2.24) is 5.32 Å². The number of anilines is 1.